The Labute approximate surface area is 195 Å². The molecule has 1 aliphatic heterocycles. The third kappa shape index (κ3) is 4.29. The fourth-order valence-electron chi connectivity index (χ4n) is 3.87. The average molecular weight is 452 g/mol. The van der Waals surface area contributed by atoms with Crippen LogP contribution in [0.15, 0.2) is 85.2 Å². The van der Waals surface area contributed by atoms with Gasteiger partial charge < -0.3 is 15.4 Å². The van der Waals surface area contributed by atoms with E-state index in [4.69, 9.17) is 4.74 Å². The number of fused-ring (bicyclic) bond motifs is 3. The summed E-state index contributed by atoms with van der Waals surface area (Å²) in [6.45, 7) is -0.160. The Morgan fingerprint density at radius 3 is 2.62 bits per heavy atom. The number of nitrogens with one attached hydrogen (secondary N) is 2. The van der Waals surface area contributed by atoms with E-state index in [9.17, 15) is 14.4 Å². The molecular weight excluding hydrogens is 432 g/mol. The summed E-state index contributed by atoms with van der Waals surface area (Å²) in [6.07, 6.45) is 2.88. The number of amides is 3. The lowest BCUT2D eigenvalue weighted by molar-refractivity contribution is -0.124. The number of hydrogen-bond acceptors (Lipinski definition) is 5. The van der Waals surface area contributed by atoms with Gasteiger partial charge in [-0.05, 0) is 47.9 Å². The largest absolute Gasteiger partial charge is 0.482 e. The fourth-order valence-corrected chi connectivity index (χ4v) is 3.87. The molecule has 2 N–H and O–H groups in total. The van der Waals surface area contributed by atoms with E-state index in [1.807, 2.05) is 36.4 Å². The van der Waals surface area contributed by atoms with Gasteiger partial charge >= 0.3 is 0 Å². The summed E-state index contributed by atoms with van der Waals surface area (Å²) in [7, 11) is 0. The van der Waals surface area contributed by atoms with E-state index < -0.39 is 0 Å². The van der Waals surface area contributed by atoms with E-state index in [1.165, 1.54) is 11.1 Å². The molecule has 0 spiro atoms. The standard InChI is InChI=1S/C26H20N4O4/c31-23-14-25(33)30(22-12-7-17-4-1-2-6-21(17)26(22)29-23)19-10-8-18(9-11-19)28-24(32)16-34-20-5-3-13-27-15-20/h1-13,15H,14,16H2,(H,28,32)(H,29,31). The van der Waals surface area contributed by atoms with Crippen LogP contribution in [-0.4, -0.2) is 29.3 Å². The zero-order valence-corrected chi connectivity index (χ0v) is 18.0. The summed E-state index contributed by atoms with van der Waals surface area (Å²) in [6, 6.07) is 21.7. The normalized spacial score (nSPS) is 13.1. The number of aromatic nitrogens is 1. The molecule has 34 heavy (non-hydrogen) atoms. The number of anilines is 4. The van der Waals surface area contributed by atoms with Gasteiger partial charge in [0.1, 0.15) is 12.2 Å². The van der Waals surface area contributed by atoms with Crippen molar-refractivity contribution in [3.63, 3.8) is 0 Å². The van der Waals surface area contributed by atoms with Crippen molar-refractivity contribution in [2.45, 2.75) is 6.42 Å². The predicted molar refractivity (Wildman–Crippen MR) is 129 cm³/mol. The van der Waals surface area contributed by atoms with Crippen molar-refractivity contribution in [2.75, 3.05) is 22.1 Å². The van der Waals surface area contributed by atoms with Crippen LogP contribution in [0.2, 0.25) is 0 Å². The van der Waals surface area contributed by atoms with E-state index in [0.29, 0.717) is 28.5 Å². The highest BCUT2D eigenvalue weighted by Gasteiger charge is 2.28. The summed E-state index contributed by atoms with van der Waals surface area (Å²) in [5, 5.41) is 7.46. The Hall–Kier alpha value is -4.72. The highest BCUT2D eigenvalue weighted by Crippen LogP contribution is 2.40. The molecule has 0 saturated carbocycles. The Bertz CT molecular complexity index is 1390. The van der Waals surface area contributed by atoms with Gasteiger partial charge in [-0.1, -0.05) is 30.3 Å². The van der Waals surface area contributed by atoms with Crippen LogP contribution in [0.3, 0.4) is 0 Å². The molecule has 8 nitrogen and oxygen atoms in total. The van der Waals surface area contributed by atoms with Crippen LogP contribution in [0.4, 0.5) is 22.7 Å². The van der Waals surface area contributed by atoms with Gasteiger partial charge in [0.05, 0.1) is 17.6 Å². The quantitative estimate of drug-likeness (QED) is 0.441. The zero-order valence-electron chi connectivity index (χ0n) is 18.0. The van der Waals surface area contributed by atoms with Crippen LogP contribution in [0, 0.1) is 0 Å². The van der Waals surface area contributed by atoms with Gasteiger partial charge in [0.2, 0.25) is 11.8 Å². The molecule has 3 aromatic carbocycles. The summed E-state index contributed by atoms with van der Waals surface area (Å²) < 4.78 is 5.40. The van der Waals surface area contributed by atoms with Crippen molar-refractivity contribution in [2.24, 2.45) is 0 Å². The number of rotatable bonds is 5. The molecule has 0 bridgehead atoms. The maximum Gasteiger partial charge on any atom is 0.262 e. The molecule has 168 valence electrons. The van der Waals surface area contributed by atoms with Crippen molar-refractivity contribution >= 4 is 51.2 Å². The molecule has 0 fully saturated rings. The number of carbonyl (C=O) groups excluding carboxylic acids is 3. The maximum absolute atomic E-state index is 13.0. The minimum Gasteiger partial charge on any atom is -0.482 e. The first-order valence-corrected chi connectivity index (χ1v) is 10.7. The van der Waals surface area contributed by atoms with Crippen LogP contribution in [0.1, 0.15) is 6.42 Å². The van der Waals surface area contributed by atoms with Crippen LogP contribution in [0.25, 0.3) is 10.8 Å². The summed E-state index contributed by atoms with van der Waals surface area (Å²) in [4.78, 5) is 43.1. The number of hydrogen-bond donors (Lipinski definition) is 2. The Morgan fingerprint density at radius 1 is 1.00 bits per heavy atom. The van der Waals surface area contributed by atoms with Crippen LogP contribution < -0.4 is 20.3 Å². The monoisotopic (exact) mass is 452 g/mol. The van der Waals surface area contributed by atoms with Gasteiger partial charge in [0, 0.05) is 23.0 Å². The summed E-state index contributed by atoms with van der Waals surface area (Å²) >= 11 is 0. The molecule has 1 aliphatic rings. The number of nitrogens with zero attached hydrogens (tertiary/aromatic N) is 2. The molecule has 8 heteroatoms. The highest BCUT2D eigenvalue weighted by molar-refractivity contribution is 6.21. The minimum absolute atomic E-state index is 0.160. The van der Waals surface area contributed by atoms with Gasteiger partial charge in [-0.3, -0.25) is 24.3 Å². The van der Waals surface area contributed by atoms with E-state index in [2.05, 4.69) is 15.6 Å². The van der Waals surface area contributed by atoms with E-state index in [1.54, 1.807) is 42.6 Å². The van der Waals surface area contributed by atoms with Gasteiger partial charge in [-0.2, -0.15) is 0 Å². The topological polar surface area (TPSA) is 101 Å². The molecule has 0 unspecified atom stereocenters. The molecule has 4 aromatic rings. The third-order valence-electron chi connectivity index (χ3n) is 5.39. The second kappa shape index (κ2) is 9.03. The zero-order chi connectivity index (χ0) is 23.5. The Balaban J connectivity index is 1.38. The third-order valence-corrected chi connectivity index (χ3v) is 5.39. The first-order valence-electron chi connectivity index (χ1n) is 10.7. The predicted octanol–water partition coefficient (Wildman–Crippen LogP) is 4.26. The second-order valence-corrected chi connectivity index (χ2v) is 7.71. The fraction of sp³-hybridized carbons (Fsp3) is 0.0769. The molecule has 0 atom stereocenters. The van der Waals surface area contributed by atoms with E-state index in [0.717, 1.165) is 10.8 Å². The molecule has 0 aliphatic carbocycles. The summed E-state index contributed by atoms with van der Waals surface area (Å²) in [5.74, 6) is -0.521. The van der Waals surface area contributed by atoms with Crippen molar-refractivity contribution in [3.8, 4) is 5.75 Å². The lowest BCUT2D eigenvalue weighted by Crippen LogP contribution is -2.26. The van der Waals surface area contributed by atoms with Gasteiger partial charge in [0.25, 0.3) is 5.91 Å². The molecule has 5 rings (SSSR count). The number of carbonyl (C=O) groups is 3. The molecule has 2 heterocycles. The molecule has 0 saturated heterocycles. The van der Waals surface area contributed by atoms with Gasteiger partial charge in [0.15, 0.2) is 6.61 Å². The first kappa shape index (κ1) is 21.1. The lowest BCUT2D eigenvalue weighted by atomic mass is 10.1. The Kier molecular flexibility index (Phi) is 5.61. The van der Waals surface area contributed by atoms with Crippen molar-refractivity contribution in [1.82, 2.24) is 4.98 Å². The maximum atomic E-state index is 13.0. The minimum atomic E-state index is -0.359. The number of benzene rings is 3. The van der Waals surface area contributed by atoms with Crippen molar-refractivity contribution < 1.29 is 19.1 Å². The highest BCUT2D eigenvalue weighted by atomic mass is 16.5. The van der Waals surface area contributed by atoms with Crippen LogP contribution in [0.5, 0.6) is 5.75 Å². The lowest BCUT2D eigenvalue weighted by Gasteiger charge is -2.23. The first-order chi connectivity index (χ1) is 16.6. The van der Waals surface area contributed by atoms with Crippen LogP contribution >= 0.6 is 0 Å². The molecular formula is C26H20N4O4. The molecule has 0 radical (unpaired) electrons. The summed E-state index contributed by atoms with van der Waals surface area (Å²) in [5.41, 5.74) is 2.33. The number of ether oxygens (including phenoxy) is 1. The second-order valence-electron chi connectivity index (χ2n) is 7.71. The smallest absolute Gasteiger partial charge is 0.262 e. The van der Waals surface area contributed by atoms with Crippen LogP contribution in [-0.2, 0) is 14.4 Å². The number of pyridine rings is 1. The Morgan fingerprint density at radius 2 is 1.82 bits per heavy atom. The average Bonchev–Trinajstić information content (AvgIpc) is 2.98. The van der Waals surface area contributed by atoms with Crippen molar-refractivity contribution in [1.29, 1.82) is 0 Å². The van der Waals surface area contributed by atoms with Gasteiger partial charge in [-0.25, -0.2) is 0 Å². The van der Waals surface area contributed by atoms with Crippen molar-refractivity contribution in [3.05, 3.63) is 85.2 Å². The van der Waals surface area contributed by atoms with Gasteiger partial charge in [-0.15, -0.1) is 0 Å². The van der Waals surface area contributed by atoms with E-state index in [-0.39, 0.29) is 30.7 Å². The molecule has 3 amide bonds. The van der Waals surface area contributed by atoms with E-state index >= 15 is 0 Å². The SMILES string of the molecule is O=C(COc1cccnc1)Nc1ccc(N2C(=O)CC(=O)Nc3c2ccc2ccccc32)cc1. The molecule has 1 aromatic heterocycles.